The molecule has 0 saturated carbocycles. The third-order valence-electron chi connectivity index (χ3n) is 2.94. The van der Waals surface area contributed by atoms with Gasteiger partial charge in [-0.15, -0.1) is 11.3 Å². The Hall–Kier alpha value is -1.72. The summed E-state index contributed by atoms with van der Waals surface area (Å²) in [4.78, 5) is 16.2. The van der Waals surface area contributed by atoms with E-state index >= 15 is 0 Å². The first-order chi connectivity index (χ1) is 8.83. The monoisotopic (exact) mass is 259 g/mol. The normalized spacial score (nSPS) is 18.1. The number of amides is 1. The van der Waals surface area contributed by atoms with E-state index in [0.717, 1.165) is 24.2 Å². The summed E-state index contributed by atoms with van der Waals surface area (Å²) in [7, 11) is 0. The van der Waals surface area contributed by atoms with Gasteiger partial charge >= 0.3 is 0 Å². The number of anilines is 1. The molecule has 2 aromatic rings. The molecule has 1 aromatic heterocycles. The average Bonchev–Trinajstić information content (AvgIpc) is 2.76. The summed E-state index contributed by atoms with van der Waals surface area (Å²) in [6, 6.07) is 9.90. The molecule has 1 saturated heterocycles. The summed E-state index contributed by atoms with van der Waals surface area (Å²) in [5, 5.41) is 8.53. The average molecular weight is 259 g/mol. The summed E-state index contributed by atoms with van der Waals surface area (Å²) in [5.41, 5.74) is 1.97. The van der Waals surface area contributed by atoms with Crippen LogP contribution in [0.5, 0.6) is 0 Å². The number of benzene rings is 1. The highest BCUT2D eigenvalue weighted by Crippen LogP contribution is 2.24. The first-order valence-electron chi connectivity index (χ1n) is 5.88. The van der Waals surface area contributed by atoms with Crippen LogP contribution in [0.3, 0.4) is 0 Å². The molecule has 3 rings (SSSR count). The highest BCUT2D eigenvalue weighted by atomic mass is 32.1. The van der Waals surface area contributed by atoms with Crippen molar-refractivity contribution in [3.8, 4) is 11.3 Å². The van der Waals surface area contributed by atoms with E-state index in [1.807, 2.05) is 35.7 Å². The Kier molecular flexibility index (Phi) is 3.08. The van der Waals surface area contributed by atoms with Gasteiger partial charge in [0.15, 0.2) is 5.13 Å². The Morgan fingerprint density at radius 3 is 2.83 bits per heavy atom. The number of rotatable bonds is 3. The molecule has 0 radical (unpaired) electrons. The number of thiazole rings is 1. The van der Waals surface area contributed by atoms with Gasteiger partial charge in [-0.25, -0.2) is 4.98 Å². The van der Waals surface area contributed by atoms with Crippen LogP contribution in [0.2, 0.25) is 0 Å². The van der Waals surface area contributed by atoms with Gasteiger partial charge in [0.2, 0.25) is 5.91 Å². The first-order valence-corrected chi connectivity index (χ1v) is 6.76. The van der Waals surface area contributed by atoms with Crippen LogP contribution in [0, 0.1) is 0 Å². The predicted octanol–water partition coefficient (Wildman–Crippen LogP) is 2.11. The fraction of sp³-hybridized carbons (Fsp3) is 0.231. The maximum Gasteiger partial charge on any atom is 0.243 e. The summed E-state index contributed by atoms with van der Waals surface area (Å²) in [6.45, 7) is 0.922. The van der Waals surface area contributed by atoms with Crippen LogP contribution in [0.15, 0.2) is 35.7 Å². The minimum Gasteiger partial charge on any atom is -0.306 e. The molecular weight excluding hydrogens is 246 g/mol. The Morgan fingerprint density at radius 2 is 2.17 bits per heavy atom. The van der Waals surface area contributed by atoms with Gasteiger partial charge in [-0.05, 0) is 13.0 Å². The molecule has 0 spiro atoms. The fourth-order valence-electron chi connectivity index (χ4n) is 1.78. The molecule has 1 atom stereocenters. The van der Waals surface area contributed by atoms with E-state index < -0.39 is 0 Å². The second kappa shape index (κ2) is 4.88. The van der Waals surface area contributed by atoms with Gasteiger partial charge in [0.1, 0.15) is 0 Å². The first kappa shape index (κ1) is 11.4. The van der Waals surface area contributed by atoms with Gasteiger partial charge < -0.3 is 10.6 Å². The minimum atomic E-state index is -0.0472. The number of carbonyl (C=O) groups is 1. The van der Waals surface area contributed by atoms with Crippen LogP contribution in [0.4, 0.5) is 5.13 Å². The lowest BCUT2D eigenvalue weighted by Crippen LogP contribution is -2.50. The smallest absolute Gasteiger partial charge is 0.243 e. The highest BCUT2D eigenvalue weighted by Gasteiger charge is 2.24. The van der Waals surface area contributed by atoms with Crippen LogP contribution >= 0.6 is 11.3 Å². The number of aromatic nitrogens is 1. The van der Waals surface area contributed by atoms with Crippen molar-refractivity contribution in [2.24, 2.45) is 0 Å². The SMILES string of the molecule is O=C(Nc1nc(-c2ccccc2)cs1)C1CCN1. The fourth-order valence-corrected chi connectivity index (χ4v) is 2.50. The summed E-state index contributed by atoms with van der Waals surface area (Å²) < 4.78 is 0. The van der Waals surface area contributed by atoms with Crippen molar-refractivity contribution in [2.75, 3.05) is 11.9 Å². The molecule has 1 aliphatic rings. The molecule has 1 amide bonds. The van der Waals surface area contributed by atoms with Gasteiger partial charge in [-0.3, -0.25) is 4.79 Å². The van der Waals surface area contributed by atoms with Crippen LogP contribution < -0.4 is 10.6 Å². The van der Waals surface area contributed by atoms with Crippen molar-refractivity contribution in [1.29, 1.82) is 0 Å². The third kappa shape index (κ3) is 2.27. The highest BCUT2D eigenvalue weighted by molar-refractivity contribution is 7.14. The molecule has 1 aliphatic heterocycles. The number of hydrogen-bond donors (Lipinski definition) is 2. The van der Waals surface area contributed by atoms with E-state index in [1.54, 1.807) is 0 Å². The Labute approximate surface area is 109 Å². The van der Waals surface area contributed by atoms with Crippen LogP contribution in [0.25, 0.3) is 11.3 Å². The lowest BCUT2D eigenvalue weighted by molar-refractivity contribution is -0.119. The van der Waals surface area contributed by atoms with Crippen LogP contribution in [0.1, 0.15) is 6.42 Å². The third-order valence-corrected chi connectivity index (χ3v) is 3.70. The molecule has 0 aliphatic carbocycles. The lowest BCUT2D eigenvalue weighted by Gasteiger charge is -2.25. The summed E-state index contributed by atoms with van der Waals surface area (Å²) in [5.74, 6) is 0.00946. The van der Waals surface area contributed by atoms with Gasteiger partial charge in [0, 0.05) is 10.9 Å². The summed E-state index contributed by atoms with van der Waals surface area (Å²) >= 11 is 1.45. The standard InChI is InChI=1S/C13H13N3OS/c17-12(10-6-7-14-10)16-13-15-11(8-18-13)9-4-2-1-3-5-9/h1-5,8,10,14H,6-7H2,(H,15,16,17). The zero-order chi connectivity index (χ0) is 12.4. The molecule has 1 fully saturated rings. The molecule has 18 heavy (non-hydrogen) atoms. The number of nitrogens with one attached hydrogen (secondary N) is 2. The molecule has 1 aromatic carbocycles. The number of carbonyl (C=O) groups excluding carboxylic acids is 1. The topological polar surface area (TPSA) is 54.0 Å². The zero-order valence-corrected chi connectivity index (χ0v) is 10.5. The molecular formula is C13H13N3OS. The van der Waals surface area contributed by atoms with Gasteiger partial charge in [0.05, 0.1) is 11.7 Å². The van der Waals surface area contributed by atoms with E-state index in [4.69, 9.17) is 0 Å². The van der Waals surface area contributed by atoms with Gasteiger partial charge in [-0.1, -0.05) is 30.3 Å². The number of nitrogens with zero attached hydrogens (tertiary/aromatic N) is 1. The summed E-state index contributed by atoms with van der Waals surface area (Å²) in [6.07, 6.45) is 0.906. The zero-order valence-electron chi connectivity index (χ0n) is 9.72. The molecule has 0 bridgehead atoms. The van der Waals surface area contributed by atoms with E-state index in [1.165, 1.54) is 11.3 Å². The number of hydrogen-bond acceptors (Lipinski definition) is 4. The van der Waals surface area contributed by atoms with Crippen molar-refractivity contribution in [2.45, 2.75) is 12.5 Å². The largest absolute Gasteiger partial charge is 0.306 e. The van der Waals surface area contributed by atoms with Crippen molar-refractivity contribution < 1.29 is 4.79 Å². The molecule has 4 nitrogen and oxygen atoms in total. The van der Waals surface area contributed by atoms with E-state index in [2.05, 4.69) is 15.6 Å². The minimum absolute atomic E-state index is 0.00946. The molecule has 2 heterocycles. The van der Waals surface area contributed by atoms with Crippen molar-refractivity contribution in [3.63, 3.8) is 0 Å². The lowest BCUT2D eigenvalue weighted by atomic mass is 10.1. The van der Waals surface area contributed by atoms with Crippen LogP contribution in [-0.2, 0) is 4.79 Å². The second-order valence-electron chi connectivity index (χ2n) is 4.19. The van der Waals surface area contributed by atoms with Crippen molar-refractivity contribution in [3.05, 3.63) is 35.7 Å². The molecule has 5 heteroatoms. The molecule has 1 unspecified atom stereocenters. The van der Waals surface area contributed by atoms with E-state index in [0.29, 0.717) is 5.13 Å². The maximum atomic E-state index is 11.7. The quantitative estimate of drug-likeness (QED) is 0.887. The van der Waals surface area contributed by atoms with E-state index in [9.17, 15) is 4.79 Å². The molecule has 2 N–H and O–H groups in total. The van der Waals surface area contributed by atoms with Gasteiger partial charge in [-0.2, -0.15) is 0 Å². The van der Waals surface area contributed by atoms with Crippen molar-refractivity contribution >= 4 is 22.4 Å². The van der Waals surface area contributed by atoms with Crippen LogP contribution in [-0.4, -0.2) is 23.5 Å². The Morgan fingerprint density at radius 1 is 1.39 bits per heavy atom. The van der Waals surface area contributed by atoms with Gasteiger partial charge in [0.25, 0.3) is 0 Å². The maximum absolute atomic E-state index is 11.7. The Balaban J connectivity index is 1.71. The second-order valence-corrected chi connectivity index (χ2v) is 5.05. The predicted molar refractivity (Wildman–Crippen MR) is 72.6 cm³/mol. The van der Waals surface area contributed by atoms with E-state index in [-0.39, 0.29) is 11.9 Å². The molecule has 92 valence electrons. The van der Waals surface area contributed by atoms with Crippen molar-refractivity contribution in [1.82, 2.24) is 10.3 Å². The Bertz CT molecular complexity index is 548.